The van der Waals surface area contributed by atoms with Crippen LogP contribution in [0.2, 0.25) is 0 Å². The largest absolute Gasteiger partial charge is 0.311 e. The summed E-state index contributed by atoms with van der Waals surface area (Å²) in [6, 6.07) is 9.00. The number of nitrogens with one attached hydrogen (secondary N) is 1. The molecule has 1 aromatic carbocycles. The van der Waals surface area contributed by atoms with Crippen molar-refractivity contribution in [2.45, 2.75) is 46.2 Å². The topological polar surface area (TPSA) is 15.3 Å². The third-order valence-electron chi connectivity index (χ3n) is 3.76. The Bertz CT molecular complexity index is 363. The summed E-state index contributed by atoms with van der Waals surface area (Å²) in [5.74, 6) is 0.727. The fourth-order valence-electron chi connectivity index (χ4n) is 1.94. The molecule has 0 bridgehead atoms. The Morgan fingerprint density at radius 2 is 1.58 bits per heavy atom. The van der Waals surface area contributed by atoms with E-state index in [-0.39, 0.29) is 5.54 Å². The molecule has 0 saturated carbocycles. The maximum Gasteiger partial charge on any atom is 0.0271 e. The molecule has 2 heteroatoms. The fraction of sp³-hybridized carbons (Fsp3) is 0.647. The summed E-state index contributed by atoms with van der Waals surface area (Å²) < 4.78 is 0. The van der Waals surface area contributed by atoms with Crippen LogP contribution in [0, 0.1) is 5.92 Å². The molecule has 0 unspecified atom stereocenters. The first-order valence-electron chi connectivity index (χ1n) is 7.27. The summed E-state index contributed by atoms with van der Waals surface area (Å²) in [6.45, 7) is 11.0. The minimum atomic E-state index is 0.192. The second-order valence-corrected chi connectivity index (χ2v) is 6.72. The van der Waals surface area contributed by atoms with Gasteiger partial charge in [-0.15, -0.1) is 0 Å². The zero-order chi connectivity index (χ0) is 14.5. The predicted molar refractivity (Wildman–Crippen MR) is 84.5 cm³/mol. The van der Waals surface area contributed by atoms with Crippen LogP contribution < -0.4 is 5.32 Å². The van der Waals surface area contributed by atoms with E-state index in [9.17, 15) is 0 Å². The summed E-state index contributed by atoms with van der Waals surface area (Å²) in [6.07, 6.45) is 1.17. The number of hydrogen-bond acceptors (Lipinski definition) is 2. The van der Waals surface area contributed by atoms with Crippen molar-refractivity contribution in [1.82, 2.24) is 10.2 Å². The van der Waals surface area contributed by atoms with E-state index >= 15 is 0 Å². The lowest BCUT2D eigenvalue weighted by atomic mass is 10.0. The van der Waals surface area contributed by atoms with E-state index in [1.54, 1.807) is 0 Å². The molecule has 0 heterocycles. The molecule has 1 aromatic rings. The molecule has 0 atom stereocenters. The van der Waals surface area contributed by atoms with Gasteiger partial charge in [0.2, 0.25) is 0 Å². The van der Waals surface area contributed by atoms with E-state index in [0.29, 0.717) is 0 Å². The van der Waals surface area contributed by atoms with Crippen LogP contribution >= 0.6 is 0 Å². The molecule has 19 heavy (non-hydrogen) atoms. The molecule has 0 aromatic heterocycles. The van der Waals surface area contributed by atoms with Crippen molar-refractivity contribution in [3.63, 3.8) is 0 Å². The lowest BCUT2D eigenvalue weighted by Gasteiger charge is -2.32. The summed E-state index contributed by atoms with van der Waals surface area (Å²) in [4.78, 5) is 2.26. The second kappa shape index (κ2) is 7.06. The van der Waals surface area contributed by atoms with Gasteiger partial charge in [0.15, 0.2) is 0 Å². The van der Waals surface area contributed by atoms with Crippen LogP contribution in [-0.2, 0) is 13.0 Å². The highest BCUT2D eigenvalue weighted by molar-refractivity contribution is 5.22. The van der Waals surface area contributed by atoms with E-state index in [1.165, 1.54) is 17.5 Å². The van der Waals surface area contributed by atoms with Gasteiger partial charge in [0.1, 0.15) is 0 Å². The molecule has 1 rings (SSSR count). The summed E-state index contributed by atoms with van der Waals surface area (Å²) in [5.41, 5.74) is 2.99. The summed E-state index contributed by atoms with van der Waals surface area (Å²) in [5, 5.41) is 3.54. The Morgan fingerprint density at radius 3 is 2.05 bits per heavy atom. The fourth-order valence-corrected chi connectivity index (χ4v) is 1.94. The van der Waals surface area contributed by atoms with E-state index < -0.39 is 0 Å². The van der Waals surface area contributed by atoms with Crippen LogP contribution in [0.25, 0.3) is 0 Å². The lowest BCUT2D eigenvalue weighted by molar-refractivity contribution is 0.190. The molecular weight excluding hydrogens is 232 g/mol. The molecule has 0 amide bonds. The van der Waals surface area contributed by atoms with E-state index in [0.717, 1.165) is 19.0 Å². The van der Waals surface area contributed by atoms with Gasteiger partial charge < -0.3 is 10.2 Å². The van der Waals surface area contributed by atoms with Crippen molar-refractivity contribution in [2.75, 3.05) is 20.6 Å². The normalized spacial score (nSPS) is 12.4. The van der Waals surface area contributed by atoms with Gasteiger partial charge in [-0.25, -0.2) is 0 Å². The van der Waals surface area contributed by atoms with Gasteiger partial charge in [0.05, 0.1) is 0 Å². The molecule has 108 valence electrons. The summed E-state index contributed by atoms with van der Waals surface area (Å²) >= 11 is 0. The zero-order valence-electron chi connectivity index (χ0n) is 13.5. The van der Waals surface area contributed by atoms with Crippen LogP contribution in [-0.4, -0.2) is 31.1 Å². The highest BCUT2D eigenvalue weighted by Gasteiger charge is 2.19. The average Bonchev–Trinajstić information content (AvgIpc) is 2.30. The molecule has 2 nitrogen and oxygen atoms in total. The van der Waals surface area contributed by atoms with Crippen molar-refractivity contribution in [1.29, 1.82) is 0 Å². The van der Waals surface area contributed by atoms with Gasteiger partial charge in [-0.3, -0.25) is 0 Å². The molecule has 0 saturated heterocycles. The maximum atomic E-state index is 3.54. The van der Waals surface area contributed by atoms with Crippen LogP contribution in [0.3, 0.4) is 0 Å². The van der Waals surface area contributed by atoms with E-state index in [1.807, 2.05) is 0 Å². The molecule has 0 spiro atoms. The first-order valence-corrected chi connectivity index (χ1v) is 7.27. The molecule has 0 aliphatic carbocycles. The van der Waals surface area contributed by atoms with Crippen LogP contribution in [0.15, 0.2) is 24.3 Å². The Kier molecular flexibility index (Phi) is 6.02. The van der Waals surface area contributed by atoms with Gasteiger partial charge in [0, 0.05) is 18.6 Å². The van der Waals surface area contributed by atoms with E-state index in [4.69, 9.17) is 0 Å². The number of nitrogens with zero attached hydrogens (tertiary/aromatic N) is 1. The Morgan fingerprint density at radius 1 is 1.05 bits per heavy atom. The van der Waals surface area contributed by atoms with E-state index in [2.05, 4.69) is 76.3 Å². The predicted octanol–water partition coefficient (Wildman–Crippen LogP) is 3.31. The molecule has 1 N–H and O–H groups in total. The van der Waals surface area contributed by atoms with Gasteiger partial charge in [-0.2, -0.15) is 0 Å². The molecule has 0 fully saturated rings. The smallest absolute Gasteiger partial charge is 0.0271 e. The van der Waals surface area contributed by atoms with Crippen molar-refractivity contribution >= 4 is 0 Å². The van der Waals surface area contributed by atoms with Crippen molar-refractivity contribution in [3.05, 3.63) is 35.4 Å². The van der Waals surface area contributed by atoms with Gasteiger partial charge in [-0.1, -0.05) is 38.1 Å². The minimum Gasteiger partial charge on any atom is -0.311 e. The SMILES string of the molecule is CC(C)Cc1ccc(CNCC(C)(C)N(C)C)cc1. The van der Waals surface area contributed by atoms with Crippen LogP contribution in [0.5, 0.6) is 0 Å². The number of benzene rings is 1. The molecular formula is C17H30N2. The third-order valence-corrected chi connectivity index (χ3v) is 3.76. The Balaban J connectivity index is 2.42. The van der Waals surface area contributed by atoms with Gasteiger partial charge in [0.25, 0.3) is 0 Å². The maximum absolute atomic E-state index is 3.54. The highest BCUT2D eigenvalue weighted by atomic mass is 15.2. The van der Waals surface area contributed by atoms with Crippen molar-refractivity contribution in [2.24, 2.45) is 5.92 Å². The highest BCUT2D eigenvalue weighted by Crippen LogP contribution is 2.11. The average molecular weight is 262 g/mol. The monoisotopic (exact) mass is 262 g/mol. The second-order valence-electron chi connectivity index (χ2n) is 6.72. The lowest BCUT2D eigenvalue weighted by Crippen LogP contribution is -2.46. The Hall–Kier alpha value is -0.860. The Labute approximate surface area is 119 Å². The zero-order valence-corrected chi connectivity index (χ0v) is 13.5. The molecule has 0 radical (unpaired) electrons. The number of rotatable bonds is 7. The first kappa shape index (κ1) is 16.2. The molecule has 0 aliphatic rings. The molecule has 0 aliphatic heterocycles. The quantitative estimate of drug-likeness (QED) is 0.811. The third kappa shape index (κ3) is 5.75. The summed E-state index contributed by atoms with van der Waals surface area (Å²) in [7, 11) is 4.25. The van der Waals surface area contributed by atoms with Crippen molar-refractivity contribution in [3.8, 4) is 0 Å². The van der Waals surface area contributed by atoms with Gasteiger partial charge >= 0.3 is 0 Å². The van der Waals surface area contributed by atoms with Gasteiger partial charge in [-0.05, 0) is 51.4 Å². The first-order chi connectivity index (χ1) is 8.81. The number of likely N-dealkylation sites (N-methyl/N-ethyl adjacent to an activating group) is 1. The van der Waals surface area contributed by atoms with Crippen LogP contribution in [0.1, 0.15) is 38.8 Å². The number of hydrogen-bond donors (Lipinski definition) is 1. The van der Waals surface area contributed by atoms with Crippen LogP contribution in [0.4, 0.5) is 0 Å². The van der Waals surface area contributed by atoms with Crippen molar-refractivity contribution < 1.29 is 0 Å². The standard InChI is InChI=1S/C17H30N2/c1-14(2)11-15-7-9-16(10-8-15)12-18-13-17(3,4)19(5)6/h7-10,14,18H,11-13H2,1-6H3. The minimum absolute atomic E-state index is 0.192.